The van der Waals surface area contributed by atoms with E-state index in [-0.39, 0.29) is 5.91 Å². The van der Waals surface area contributed by atoms with Gasteiger partial charge in [0, 0.05) is 30.1 Å². The Kier molecular flexibility index (Phi) is 6.89. The molecule has 1 N–H and O–H groups in total. The van der Waals surface area contributed by atoms with E-state index >= 15 is 0 Å². The number of amides is 1. The number of alkyl halides is 1. The largest absolute Gasteiger partial charge is 0.380 e. The lowest BCUT2D eigenvalue weighted by Crippen LogP contribution is -2.12. The predicted molar refractivity (Wildman–Crippen MR) is 73.4 cm³/mol. The van der Waals surface area contributed by atoms with Crippen LogP contribution >= 0.6 is 15.9 Å². The molecule has 0 saturated carbocycles. The maximum absolute atomic E-state index is 11.7. The fourth-order valence-corrected chi connectivity index (χ4v) is 1.91. The Balaban J connectivity index is 2.52. The number of methoxy groups -OCH3 is 1. The number of rotatable bonds is 7. The van der Waals surface area contributed by atoms with E-state index in [1.165, 1.54) is 0 Å². The van der Waals surface area contributed by atoms with Crippen molar-refractivity contribution in [3.8, 4) is 0 Å². The van der Waals surface area contributed by atoms with E-state index in [0.717, 1.165) is 29.4 Å². The molecule has 3 nitrogen and oxygen atoms in total. The highest BCUT2D eigenvalue weighted by Crippen LogP contribution is 2.16. The van der Waals surface area contributed by atoms with Crippen LogP contribution in [0.2, 0.25) is 0 Å². The zero-order chi connectivity index (χ0) is 12.5. The topological polar surface area (TPSA) is 38.3 Å². The van der Waals surface area contributed by atoms with Crippen molar-refractivity contribution in [2.75, 3.05) is 17.8 Å². The quantitative estimate of drug-likeness (QED) is 0.619. The van der Waals surface area contributed by atoms with Gasteiger partial charge in [-0.25, -0.2) is 0 Å². The summed E-state index contributed by atoms with van der Waals surface area (Å²) in [6.45, 7) is 0.512. The maximum atomic E-state index is 11.7. The molecule has 0 aliphatic rings. The molecule has 0 bridgehead atoms. The molecule has 1 amide bonds. The van der Waals surface area contributed by atoms with Gasteiger partial charge in [-0.2, -0.15) is 0 Å². The van der Waals surface area contributed by atoms with Gasteiger partial charge in [0.15, 0.2) is 0 Å². The summed E-state index contributed by atoms with van der Waals surface area (Å²) in [7, 11) is 1.65. The maximum Gasteiger partial charge on any atom is 0.224 e. The minimum atomic E-state index is 0.0644. The molecular formula is C13H18BrNO2. The number of halogens is 1. The molecule has 0 fully saturated rings. The highest BCUT2D eigenvalue weighted by atomic mass is 79.9. The lowest BCUT2D eigenvalue weighted by atomic mass is 10.1. The van der Waals surface area contributed by atoms with Crippen molar-refractivity contribution in [3.05, 3.63) is 29.8 Å². The molecule has 0 aromatic heterocycles. The van der Waals surface area contributed by atoms with E-state index in [2.05, 4.69) is 21.2 Å². The SMILES string of the molecule is COCc1ccccc1NC(=O)CCCCBr. The van der Waals surface area contributed by atoms with E-state index in [4.69, 9.17) is 4.74 Å². The Bertz CT molecular complexity index is 355. The zero-order valence-corrected chi connectivity index (χ0v) is 11.6. The van der Waals surface area contributed by atoms with Gasteiger partial charge in [0.2, 0.25) is 5.91 Å². The summed E-state index contributed by atoms with van der Waals surface area (Å²) >= 11 is 3.35. The average Bonchev–Trinajstić information content (AvgIpc) is 2.32. The smallest absolute Gasteiger partial charge is 0.224 e. The molecule has 0 heterocycles. The predicted octanol–water partition coefficient (Wildman–Crippen LogP) is 3.34. The van der Waals surface area contributed by atoms with Crippen molar-refractivity contribution >= 4 is 27.5 Å². The van der Waals surface area contributed by atoms with E-state index in [1.807, 2.05) is 24.3 Å². The second kappa shape index (κ2) is 8.25. The van der Waals surface area contributed by atoms with Gasteiger partial charge in [0.1, 0.15) is 0 Å². The van der Waals surface area contributed by atoms with Gasteiger partial charge >= 0.3 is 0 Å². The number of anilines is 1. The van der Waals surface area contributed by atoms with Gasteiger partial charge in [-0.3, -0.25) is 4.79 Å². The average molecular weight is 300 g/mol. The summed E-state index contributed by atoms with van der Waals surface area (Å²) in [5.41, 5.74) is 1.85. The molecule has 1 aromatic carbocycles. The summed E-state index contributed by atoms with van der Waals surface area (Å²) in [5, 5.41) is 3.86. The van der Waals surface area contributed by atoms with Crippen LogP contribution in [0.25, 0.3) is 0 Å². The van der Waals surface area contributed by atoms with Crippen LogP contribution in [0.1, 0.15) is 24.8 Å². The zero-order valence-electron chi connectivity index (χ0n) is 10.0. The number of carbonyl (C=O) groups is 1. The van der Waals surface area contributed by atoms with Crippen LogP contribution in [-0.2, 0) is 16.1 Å². The Morgan fingerprint density at radius 3 is 2.82 bits per heavy atom. The number of unbranched alkanes of at least 4 members (excludes halogenated alkanes) is 1. The first-order valence-electron chi connectivity index (χ1n) is 5.70. The lowest BCUT2D eigenvalue weighted by Gasteiger charge is -2.10. The molecule has 0 radical (unpaired) electrons. The van der Waals surface area contributed by atoms with Crippen LogP contribution in [0.4, 0.5) is 5.69 Å². The normalized spacial score (nSPS) is 10.2. The van der Waals surface area contributed by atoms with Crippen LogP contribution < -0.4 is 5.32 Å². The number of carbonyl (C=O) groups excluding carboxylic acids is 1. The molecule has 0 unspecified atom stereocenters. The first-order chi connectivity index (χ1) is 8.27. The molecule has 4 heteroatoms. The molecule has 0 aliphatic carbocycles. The second-order valence-electron chi connectivity index (χ2n) is 3.78. The number of benzene rings is 1. The van der Waals surface area contributed by atoms with Crippen molar-refractivity contribution in [3.63, 3.8) is 0 Å². The van der Waals surface area contributed by atoms with Crippen LogP contribution in [-0.4, -0.2) is 18.3 Å². The van der Waals surface area contributed by atoms with Crippen LogP contribution in [0.3, 0.4) is 0 Å². The minimum absolute atomic E-state index is 0.0644. The Hall–Kier alpha value is -0.870. The number of hydrogen-bond acceptors (Lipinski definition) is 2. The highest BCUT2D eigenvalue weighted by Gasteiger charge is 2.05. The van der Waals surface area contributed by atoms with Crippen molar-refractivity contribution in [1.29, 1.82) is 0 Å². The van der Waals surface area contributed by atoms with Crippen molar-refractivity contribution in [1.82, 2.24) is 0 Å². The summed E-state index contributed by atoms with van der Waals surface area (Å²) in [6.07, 6.45) is 2.49. The van der Waals surface area contributed by atoms with Gasteiger partial charge in [-0.15, -0.1) is 0 Å². The second-order valence-corrected chi connectivity index (χ2v) is 4.58. The standard InChI is InChI=1S/C13H18BrNO2/c1-17-10-11-6-2-3-7-12(11)15-13(16)8-4-5-9-14/h2-3,6-7H,4-5,8-10H2,1H3,(H,15,16). The fraction of sp³-hybridized carbons (Fsp3) is 0.462. The third-order valence-corrected chi connectivity index (χ3v) is 2.94. The van der Waals surface area contributed by atoms with Gasteiger partial charge in [-0.05, 0) is 18.9 Å². The van der Waals surface area contributed by atoms with E-state index in [0.29, 0.717) is 13.0 Å². The molecule has 0 spiro atoms. The molecule has 0 saturated heterocycles. The van der Waals surface area contributed by atoms with Gasteiger partial charge in [-0.1, -0.05) is 34.1 Å². The van der Waals surface area contributed by atoms with Crippen LogP contribution in [0.5, 0.6) is 0 Å². The molecule has 94 valence electrons. The third kappa shape index (κ3) is 5.33. The Morgan fingerprint density at radius 1 is 1.35 bits per heavy atom. The van der Waals surface area contributed by atoms with E-state index in [1.54, 1.807) is 7.11 Å². The molecular weight excluding hydrogens is 282 g/mol. The van der Waals surface area contributed by atoms with E-state index in [9.17, 15) is 4.79 Å². The number of ether oxygens (including phenoxy) is 1. The minimum Gasteiger partial charge on any atom is -0.380 e. The van der Waals surface area contributed by atoms with Crippen LogP contribution in [0.15, 0.2) is 24.3 Å². The number of hydrogen-bond donors (Lipinski definition) is 1. The number of para-hydroxylation sites is 1. The van der Waals surface area contributed by atoms with E-state index < -0.39 is 0 Å². The lowest BCUT2D eigenvalue weighted by molar-refractivity contribution is -0.116. The third-order valence-electron chi connectivity index (χ3n) is 2.38. The number of nitrogens with one attached hydrogen (secondary N) is 1. The molecule has 1 aromatic rings. The summed E-state index contributed by atoms with van der Waals surface area (Å²) in [4.78, 5) is 11.7. The van der Waals surface area contributed by atoms with Gasteiger partial charge in [0.25, 0.3) is 0 Å². The monoisotopic (exact) mass is 299 g/mol. The Morgan fingerprint density at radius 2 is 2.12 bits per heavy atom. The van der Waals surface area contributed by atoms with Crippen molar-refractivity contribution in [2.45, 2.75) is 25.9 Å². The molecule has 0 atom stereocenters. The van der Waals surface area contributed by atoms with Gasteiger partial charge in [0.05, 0.1) is 6.61 Å². The fourth-order valence-electron chi connectivity index (χ4n) is 1.52. The molecule has 17 heavy (non-hydrogen) atoms. The first kappa shape index (κ1) is 14.2. The van der Waals surface area contributed by atoms with Crippen molar-refractivity contribution in [2.24, 2.45) is 0 Å². The Labute approximate surface area is 111 Å². The van der Waals surface area contributed by atoms with Crippen molar-refractivity contribution < 1.29 is 9.53 Å². The summed E-state index contributed by atoms with van der Waals surface area (Å²) in [5.74, 6) is 0.0644. The molecule has 0 aliphatic heterocycles. The molecule has 1 rings (SSSR count). The summed E-state index contributed by atoms with van der Waals surface area (Å²) < 4.78 is 5.09. The first-order valence-corrected chi connectivity index (χ1v) is 6.82. The van der Waals surface area contributed by atoms with Gasteiger partial charge < -0.3 is 10.1 Å². The van der Waals surface area contributed by atoms with Crippen LogP contribution in [0, 0.1) is 0 Å². The highest BCUT2D eigenvalue weighted by molar-refractivity contribution is 9.09. The summed E-state index contributed by atoms with van der Waals surface area (Å²) in [6, 6.07) is 7.70.